The van der Waals surface area contributed by atoms with E-state index in [1.807, 2.05) is 43.3 Å². The standard InChI is InChI=1S/C23H20N4O4/c1-15-3-5-16(6-4-15)14-24-20-12-9-18(13-21(20)27(28)29)23-25-22(26-31-23)17-7-10-19(30-2)11-8-17/h3-13,24H,14H2,1-2H3. The molecule has 0 aliphatic carbocycles. The number of methoxy groups -OCH3 is 1. The lowest BCUT2D eigenvalue weighted by Gasteiger charge is -2.08. The van der Waals surface area contributed by atoms with Gasteiger partial charge in [0.25, 0.3) is 11.6 Å². The van der Waals surface area contributed by atoms with Crippen molar-refractivity contribution in [3.8, 4) is 28.6 Å². The fourth-order valence-electron chi connectivity index (χ4n) is 3.07. The van der Waals surface area contributed by atoms with E-state index in [1.165, 1.54) is 6.07 Å². The monoisotopic (exact) mass is 416 g/mol. The molecule has 0 fully saturated rings. The molecule has 4 aromatic rings. The minimum absolute atomic E-state index is 0.0613. The summed E-state index contributed by atoms with van der Waals surface area (Å²) in [4.78, 5) is 15.6. The van der Waals surface area contributed by atoms with E-state index >= 15 is 0 Å². The van der Waals surface area contributed by atoms with Crippen molar-refractivity contribution in [2.24, 2.45) is 0 Å². The lowest BCUT2D eigenvalue weighted by Crippen LogP contribution is -2.03. The summed E-state index contributed by atoms with van der Waals surface area (Å²) in [5, 5.41) is 18.8. The van der Waals surface area contributed by atoms with E-state index in [-0.39, 0.29) is 11.6 Å². The molecule has 8 nitrogen and oxygen atoms in total. The third kappa shape index (κ3) is 4.53. The summed E-state index contributed by atoms with van der Waals surface area (Å²) >= 11 is 0. The van der Waals surface area contributed by atoms with E-state index in [0.29, 0.717) is 23.6 Å². The van der Waals surface area contributed by atoms with Crippen molar-refractivity contribution in [1.82, 2.24) is 10.1 Å². The molecule has 0 amide bonds. The van der Waals surface area contributed by atoms with E-state index < -0.39 is 4.92 Å². The topological polar surface area (TPSA) is 103 Å². The van der Waals surface area contributed by atoms with Crippen LogP contribution in [-0.2, 0) is 6.54 Å². The number of ether oxygens (including phenoxy) is 1. The quantitative estimate of drug-likeness (QED) is 0.324. The Balaban J connectivity index is 1.56. The molecule has 31 heavy (non-hydrogen) atoms. The molecule has 0 saturated carbocycles. The Labute approximate surface area is 178 Å². The molecule has 0 saturated heterocycles. The van der Waals surface area contributed by atoms with Gasteiger partial charge in [-0.15, -0.1) is 0 Å². The molecule has 0 aliphatic heterocycles. The molecule has 8 heteroatoms. The zero-order chi connectivity index (χ0) is 21.8. The Kier molecular flexibility index (Phi) is 5.61. The summed E-state index contributed by atoms with van der Waals surface area (Å²) in [6.07, 6.45) is 0. The second kappa shape index (κ2) is 8.66. The minimum Gasteiger partial charge on any atom is -0.497 e. The van der Waals surface area contributed by atoms with Gasteiger partial charge in [-0.1, -0.05) is 35.0 Å². The Hall–Kier alpha value is -4.20. The average Bonchev–Trinajstić information content (AvgIpc) is 3.29. The van der Waals surface area contributed by atoms with Crippen LogP contribution in [0.5, 0.6) is 5.75 Å². The van der Waals surface area contributed by atoms with E-state index in [0.717, 1.165) is 22.4 Å². The van der Waals surface area contributed by atoms with Gasteiger partial charge in [-0.2, -0.15) is 4.98 Å². The maximum Gasteiger partial charge on any atom is 0.293 e. The number of hydrogen-bond donors (Lipinski definition) is 1. The third-order valence-corrected chi connectivity index (χ3v) is 4.82. The largest absolute Gasteiger partial charge is 0.497 e. The van der Waals surface area contributed by atoms with Crippen LogP contribution >= 0.6 is 0 Å². The van der Waals surface area contributed by atoms with Crippen molar-refractivity contribution in [1.29, 1.82) is 0 Å². The van der Waals surface area contributed by atoms with Gasteiger partial charge in [-0.3, -0.25) is 10.1 Å². The molecule has 0 radical (unpaired) electrons. The second-order valence-corrected chi connectivity index (χ2v) is 6.98. The number of nitro groups is 1. The molecular formula is C23H20N4O4. The Morgan fingerprint density at radius 3 is 2.42 bits per heavy atom. The van der Waals surface area contributed by atoms with E-state index in [2.05, 4.69) is 15.5 Å². The molecule has 156 valence electrons. The highest BCUT2D eigenvalue weighted by Crippen LogP contribution is 2.31. The van der Waals surface area contributed by atoms with Gasteiger partial charge in [0, 0.05) is 23.7 Å². The molecular weight excluding hydrogens is 396 g/mol. The lowest BCUT2D eigenvalue weighted by atomic mass is 10.1. The molecule has 1 heterocycles. The first kappa shape index (κ1) is 20.1. The van der Waals surface area contributed by atoms with Crippen molar-refractivity contribution < 1.29 is 14.2 Å². The first-order valence-corrected chi connectivity index (χ1v) is 9.60. The summed E-state index contributed by atoms with van der Waals surface area (Å²) in [6, 6.07) is 20.0. The van der Waals surface area contributed by atoms with Gasteiger partial charge in [0.15, 0.2) is 0 Å². The molecule has 4 rings (SSSR count). The van der Waals surface area contributed by atoms with Gasteiger partial charge in [0.2, 0.25) is 5.82 Å². The van der Waals surface area contributed by atoms with Crippen molar-refractivity contribution in [2.75, 3.05) is 12.4 Å². The van der Waals surface area contributed by atoms with Crippen molar-refractivity contribution in [3.63, 3.8) is 0 Å². The van der Waals surface area contributed by atoms with E-state index in [9.17, 15) is 10.1 Å². The smallest absolute Gasteiger partial charge is 0.293 e. The van der Waals surface area contributed by atoms with Crippen LogP contribution in [0.25, 0.3) is 22.8 Å². The van der Waals surface area contributed by atoms with Gasteiger partial charge >= 0.3 is 0 Å². The normalized spacial score (nSPS) is 10.6. The number of nitrogens with one attached hydrogen (secondary N) is 1. The van der Waals surface area contributed by atoms with Crippen LogP contribution in [0.15, 0.2) is 71.3 Å². The number of nitro benzene ring substituents is 1. The highest BCUT2D eigenvalue weighted by atomic mass is 16.6. The third-order valence-electron chi connectivity index (χ3n) is 4.82. The van der Waals surface area contributed by atoms with Crippen LogP contribution in [0.3, 0.4) is 0 Å². The number of nitrogens with zero attached hydrogens (tertiary/aromatic N) is 3. The van der Waals surface area contributed by atoms with Crippen molar-refractivity contribution in [2.45, 2.75) is 13.5 Å². The van der Waals surface area contributed by atoms with Gasteiger partial charge in [0.1, 0.15) is 11.4 Å². The average molecular weight is 416 g/mol. The highest BCUT2D eigenvalue weighted by Gasteiger charge is 2.18. The number of rotatable bonds is 7. The predicted molar refractivity (Wildman–Crippen MR) is 117 cm³/mol. The molecule has 0 unspecified atom stereocenters. The minimum atomic E-state index is -0.429. The lowest BCUT2D eigenvalue weighted by molar-refractivity contribution is -0.383. The molecule has 0 spiro atoms. The van der Waals surface area contributed by atoms with Gasteiger partial charge in [-0.05, 0) is 48.9 Å². The van der Waals surface area contributed by atoms with Crippen LogP contribution in [0.1, 0.15) is 11.1 Å². The SMILES string of the molecule is COc1ccc(-c2noc(-c3ccc(NCc4ccc(C)cc4)c([N+](=O)[O-])c3)n2)cc1. The maximum atomic E-state index is 11.6. The fraction of sp³-hybridized carbons (Fsp3) is 0.130. The Morgan fingerprint density at radius 2 is 1.74 bits per heavy atom. The van der Waals surface area contributed by atoms with Crippen LogP contribution in [0.4, 0.5) is 11.4 Å². The van der Waals surface area contributed by atoms with Crippen LogP contribution in [0, 0.1) is 17.0 Å². The van der Waals surface area contributed by atoms with Crippen molar-refractivity contribution >= 4 is 11.4 Å². The first-order chi connectivity index (χ1) is 15.0. The molecule has 1 aromatic heterocycles. The van der Waals surface area contributed by atoms with Crippen LogP contribution in [0.2, 0.25) is 0 Å². The van der Waals surface area contributed by atoms with Gasteiger partial charge in [0.05, 0.1) is 12.0 Å². The summed E-state index contributed by atoms with van der Waals surface area (Å²) in [5.74, 6) is 1.32. The summed E-state index contributed by atoms with van der Waals surface area (Å²) < 4.78 is 10.5. The highest BCUT2D eigenvalue weighted by molar-refractivity contribution is 5.70. The van der Waals surface area contributed by atoms with Gasteiger partial charge in [-0.25, -0.2) is 0 Å². The Bertz CT molecular complexity index is 1200. The zero-order valence-electron chi connectivity index (χ0n) is 17.0. The number of anilines is 1. The number of aromatic nitrogens is 2. The molecule has 0 bridgehead atoms. The summed E-state index contributed by atoms with van der Waals surface area (Å²) in [6.45, 7) is 2.49. The molecule has 0 atom stereocenters. The second-order valence-electron chi connectivity index (χ2n) is 6.98. The number of aryl methyl sites for hydroxylation is 1. The molecule has 3 aromatic carbocycles. The van der Waals surface area contributed by atoms with E-state index in [1.54, 1.807) is 31.4 Å². The van der Waals surface area contributed by atoms with Gasteiger partial charge < -0.3 is 14.6 Å². The molecule has 1 N–H and O–H groups in total. The molecule has 0 aliphatic rings. The van der Waals surface area contributed by atoms with Crippen LogP contribution in [-0.4, -0.2) is 22.2 Å². The van der Waals surface area contributed by atoms with E-state index in [4.69, 9.17) is 9.26 Å². The number of hydrogen-bond acceptors (Lipinski definition) is 7. The Morgan fingerprint density at radius 1 is 1.03 bits per heavy atom. The summed E-state index contributed by atoms with van der Waals surface area (Å²) in [5.41, 5.74) is 3.78. The number of benzene rings is 3. The first-order valence-electron chi connectivity index (χ1n) is 9.60. The fourth-order valence-corrected chi connectivity index (χ4v) is 3.07. The summed E-state index contributed by atoms with van der Waals surface area (Å²) in [7, 11) is 1.59. The maximum absolute atomic E-state index is 11.6. The van der Waals surface area contributed by atoms with Crippen LogP contribution < -0.4 is 10.1 Å². The predicted octanol–water partition coefficient (Wildman–Crippen LogP) is 5.24. The zero-order valence-corrected chi connectivity index (χ0v) is 17.0. The van der Waals surface area contributed by atoms with Crippen molar-refractivity contribution in [3.05, 3.63) is 88.0 Å².